The Balaban J connectivity index is 3.05. The van der Waals surface area contributed by atoms with Crippen LogP contribution < -0.4 is 0 Å². The maximum atomic E-state index is 11.7. The van der Waals surface area contributed by atoms with Crippen molar-refractivity contribution in [1.29, 1.82) is 0 Å². The molecule has 0 aliphatic heterocycles. The van der Waals surface area contributed by atoms with Gasteiger partial charge in [-0.1, -0.05) is 25.4 Å². The highest BCUT2D eigenvalue weighted by Crippen LogP contribution is 2.22. The van der Waals surface area contributed by atoms with Crippen LogP contribution in [0.4, 0.5) is 0 Å². The van der Waals surface area contributed by atoms with Crippen LogP contribution in [0.3, 0.4) is 0 Å². The van der Waals surface area contributed by atoms with Gasteiger partial charge in [-0.15, -0.1) is 0 Å². The molecule has 0 bridgehead atoms. The molecule has 0 unspecified atom stereocenters. The molecule has 0 saturated carbocycles. The van der Waals surface area contributed by atoms with E-state index < -0.39 is 11.8 Å². The van der Waals surface area contributed by atoms with Crippen LogP contribution in [0.2, 0.25) is 5.02 Å². The Labute approximate surface area is 106 Å². The number of esters is 1. The molecular weight excluding hydrogens is 240 g/mol. The van der Waals surface area contributed by atoms with Crippen LogP contribution in [0.5, 0.6) is 0 Å². The number of hydrogen-bond donors (Lipinski definition) is 0. The minimum absolute atomic E-state index is 0.183. The number of carbonyl (C=O) groups is 2. The lowest BCUT2D eigenvalue weighted by molar-refractivity contribution is -0.137. The van der Waals surface area contributed by atoms with Gasteiger partial charge in [-0.25, -0.2) is 4.79 Å². The highest BCUT2D eigenvalue weighted by molar-refractivity contribution is 6.41. The number of benzene rings is 1. The summed E-state index contributed by atoms with van der Waals surface area (Å²) in [5, 5.41) is 0.448. The predicted molar refractivity (Wildman–Crippen MR) is 66.5 cm³/mol. The maximum absolute atomic E-state index is 11.7. The van der Waals surface area contributed by atoms with Gasteiger partial charge in [0.25, 0.3) is 5.78 Å². The van der Waals surface area contributed by atoms with Crippen LogP contribution in [0.15, 0.2) is 18.2 Å². The Hall–Kier alpha value is -1.35. The number of rotatable bonds is 4. The third kappa shape index (κ3) is 3.56. The first-order valence-corrected chi connectivity index (χ1v) is 5.85. The molecule has 0 aliphatic rings. The average molecular weight is 255 g/mol. The van der Waals surface area contributed by atoms with Crippen molar-refractivity contribution < 1.29 is 14.3 Å². The van der Waals surface area contributed by atoms with E-state index in [2.05, 4.69) is 4.74 Å². The van der Waals surface area contributed by atoms with Crippen LogP contribution in [-0.4, -0.2) is 18.4 Å². The molecular formula is C13H15ClO3. The summed E-state index contributed by atoms with van der Waals surface area (Å²) in [4.78, 5) is 23.0. The molecule has 0 aliphatic carbocycles. The van der Waals surface area contributed by atoms with Gasteiger partial charge < -0.3 is 4.74 Å². The van der Waals surface area contributed by atoms with E-state index in [1.807, 2.05) is 13.8 Å². The predicted octanol–water partition coefficient (Wildman–Crippen LogP) is 3.21. The minimum Gasteiger partial charge on any atom is -0.460 e. The minimum atomic E-state index is -0.843. The summed E-state index contributed by atoms with van der Waals surface area (Å²) in [6.45, 7) is 5.82. The van der Waals surface area contributed by atoms with Crippen molar-refractivity contribution in [2.75, 3.05) is 6.61 Å². The largest absolute Gasteiger partial charge is 0.460 e. The second-order valence-electron chi connectivity index (χ2n) is 3.98. The lowest BCUT2D eigenvalue weighted by atomic mass is 9.99. The highest BCUT2D eigenvalue weighted by Gasteiger charge is 2.18. The molecule has 3 nitrogen and oxygen atoms in total. The van der Waals surface area contributed by atoms with Gasteiger partial charge >= 0.3 is 5.97 Å². The molecule has 0 aromatic heterocycles. The molecule has 1 rings (SSSR count). The fraction of sp³-hybridized carbons (Fsp3) is 0.385. The fourth-order valence-electron chi connectivity index (χ4n) is 1.39. The van der Waals surface area contributed by atoms with Gasteiger partial charge in [-0.3, -0.25) is 4.79 Å². The van der Waals surface area contributed by atoms with E-state index in [1.54, 1.807) is 19.1 Å². The van der Waals surface area contributed by atoms with E-state index in [-0.39, 0.29) is 18.1 Å². The topological polar surface area (TPSA) is 43.4 Å². The van der Waals surface area contributed by atoms with Crippen molar-refractivity contribution >= 4 is 23.4 Å². The molecule has 0 radical (unpaired) electrons. The van der Waals surface area contributed by atoms with Crippen molar-refractivity contribution in [3.05, 3.63) is 34.3 Å². The van der Waals surface area contributed by atoms with Gasteiger partial charge in [0, 0.05) is 10.6 Å². The van der Waals surface area contributed by atoms with Gasteiger partial charge in [0.1, 0.15) is 0 Å². The molecule has 0 N–H and O–H groups in total. The Bertz CT molecular complexity index is 438. The fourth-order valence-corrected chi connectivity index (χ4v) is 1.63. The molecule has 1 aromatic carbocycles. The number of carbonyl (C=O) groups excluding carboxylic acids is 2. The van der Waals surface area contributed by atoms with E-state index >= 15 is 0 Å². The highest BCUT2D eigenvalue weighted by atomic mass is 35.5. The zero-order valence-electron chi connectivity index (χ0n) is 10.1. The van der Waals surface area contributed by atoms with Crippen molar-refractivity contribution in [2.45, 2.75) is 26.7 Å². The second kappa shape index (κ2) is 5.82. The van der Waals surface area contributed by atoms with Gasteiger partial charge in [0.2, 0.25) is 0 Å². The number of halogens is 1. The molecule has 1 aromatic rings. The molecule has 92 valence electrons. The summed E-state index contributed by atoms with van der Waals surface area (Å²) >= 11 is 5.92. The molecule has 0 atom stereocenters. The molecule has 0 spiro atoms. The van der Waals surface area contributed by atoms with Gasteiger partial charge in [-0.2, -0.15) is 0 Å². The number of Topliss-reactive ketones (excluding diaryl/α,β-unsaturated/α-hetero) is 1. The normalized spacial score (nSPS) is 10.4. The molecule has 4 heteroatoms. The zero-order valence-corrected chi connectivity index (χ0v) is 10.9. The van der Waals surface area contributed by atoms with E-state index in [4.69, 9.17) is 11.6 Å². The van der Waals surface area contributed by atoms with E-state index in [1.165, 1.54) is 6.07 Å². The van der Waals surface area contributed by atoms with Crippen LogP contribution >= 0.6 is 11.6 Å². The summed E-state index contributed by atoms with van der Waals surface area (Å²) in [5.41, 5.74) is 1.20. The second-order valence-corrected chi connectivity index (χ2v) is 4.41. The van der Waals surface area contributed by atoms with Crippen molar-refractivity contribution in [2.24, 2.45) is 0 Å². The zero-order chi connectivity index (χ0) is 13.0. The van der Waals surface area contributed by atoms with E-state index in [0.29, 0.717) is 5.02 Å². The van der Waals surface area contributed by atoms with Gasteiger partial charge in [-0.05, 0) is 36.6 Å². The average Bonchev–Trinajstić information content (AvgIpc) is 2.27. The molecule has 17 heavy (non-hydrogen) atoms. The number of ketones is 1. The first kappa shape index (κ1) is 13.7. The third-order valence-corrected chi connectivity index (χ3v) is 2.53. The maximum Gasteiger partial charge on any atom is 0.379 e. The van der Waals surface area contributed by atoms with Gasteiger partial charge in [0.15, 0.2) is 0 Å². The molecule has 0 heterocycles. The van der Waals surface area contributed by atoms with Crippen LogP contribution in [0.25, 0.3) is 0 Å². The van der Waals surface area contributed by atoms with Crippen LogP contribution in [0, 0.1) is 0 Å². The SMILES string of the molecule is CCOC(=O)C(=O)c1cc(Cl)cc(C(C)C)c1. The monoisotopic (exact) mass is 254 g/mol. The molecule has 0 fully saturated rings. The molecule has 0 amide bonds. The Morgan fingerprint density at radius 1 is 1.29 bits per heavy atom. The summed E-state index contributed by atoms with van der Waals surface area (Å²) in [6, 6.07) is 4.94. The first-order chi connectivity index (χ1) is 7.95. The third-order valence-electron chi connectivity index (χ3n) is 2.31. The summed E-state index contributed by atoms with van der Waals surface area (Å²) in [6.07, 6.45) is 0. The van der Waals surface area contributed by atoms with E-state index in [0.717, 1.165) is 5.56 Å². The van der Waals surface area contributed by atoms with E-state index in [9.17, 15) is 9.59 Å². The number of hydrogen-bond acceptors (Lipinski definition) is 3. The van der Waals surface area contributed by atoms with Crippen molar-refractivity contribution in [3.63, 3.8) is 0 Å². The van der Waals surface area contributed by atoms with Crippen molar-refractivity contribution in [3.8, 4) is 0 Å². The van der Waals surface area contributed by atoms with Gasteiger partial charge in [0.05, 0.1) is 6.61 Å². The quantitative estimate of drug-likeness (QED) is 0.471. The Kier molecular flexibility index (Phi) is 4.70. The van der Waals surface area contributed by atoms with Crippen LogP contribution in [-0.2, 0) is 9.53 Å². The summed E-state index contributed by atoms with van der Waals surface area (Å²) in [7, 11) is 0. The molecule has 0 saturated heterocycles. The first-order valence-electron chi connectivity index (χ1n) is 5.47. The Morgan fingerprint density at radius 2 is 1.94 bits per heavy atom. The van der Waals surface area contributed by atoms with Crippen molar-refractivity contribution in [1.82, 2.24) is 0 Å². The van der Waals surface area contributed by atoms with Crippen LogP contribution in [0.1, 0.15) is 42.6 Å². The Morgan fingerprint density at radius 3 is 2.47 bits per heavy atom. The smallest absolute Gasteiger partial charge is 0.379 e. The number of ether oxygens (including phenoxy) is 1. The summed E-state index contributed by atoms with van der Waals surface area (Å²) in [5.74, 6) is -1.26. The lowest BCUT2D eigenvalue weighted by Gasteiger charge is -2.08. The summed E-state index contributed by atoms with van der Waals surface area (Å²) < 4.78 is 4.67. The lowest BCUT2D eigenvalue weighted by Crippen LogP contribution is -2.17. The standard InChI is InChI=1S/C13H15ClO3/c1-4-17-13(16)12(15)10-5-9(8(2)3)6-11(14)7-10/h5-8H,4H2,1-3H3.